The predicted molar refractivity (Wildman–Crippen MR) is 102 cm³/mol. The molecule has 2 aromatic heterocycles. The van der Waals surface area contributed by atoms with E-state index < -0.39 is 0 Å². The maximum absolute atomic E-state index is 12.2. The summed E-state index contributed by atoms with van der Waals surface area (Å²) < 4.78 is 0. The average Bonchev–Trinajstić information content (AvgIpc) is 2.72. The van der Waals surface area contributed by atoms with Gasteiger partial charge in [-0.05, 0) is 42.8 Å². The van der Waals surface area contributed by atoms with Gasteiger partial charge in [-0.2, -0.15) is 5.10 Å². The smallest absolute Gasteiger partial charge is 0.267 e. The molecule has 0 saturated carbocycles. The molecule has 130 valence electrons. The summed E-state index contributed by atoms with van der Waals surface area (Å²) >= 11 is 1.55. The molecule has 1 aromatic carbocycles. The Morgan fingerprint density at radius 3 is 2.38 bits per heavy atom. The van der Waals surface area contributed by atoms with Crippen LogP contribution in [0.1, 0.15) is 28.4 Å². The molecule has 0 saturated heterocycles. The average molecular weight is 363 g/mol. The van der Waals surface area contributed by atoms with E-state index in [1.807, 2.05) is 31.2 Å². The summed E-state index contributed by atoms with van der Waals surface area (Å²) in [4.78, 5) is 24.5. The van der Waals surface area contributed by atoms with Gasteiger partial charge >= 0.3 is 0 Å². The van der Waals surface area contributed by atoms with Gasteiger partial charge in [0.1, 0.15) is 0 Å². The molecular formula is C19H17N5OS. The van der Waals surface area contributed by atoms with Crippen molar-refractivity contribution < 1.29 is 4.79 Å². The van der Waals surface area contributed by atoms with Crippen molar-refractivity contribution >= 4 is 23.4 Å². The number of carbonyl (C=O) groups is 1. The number of rotatable bonds is 6. The molecule has 7 heteroatoms. The third-order valence-corrected chi connectivity index (χ3v) is 4.50. The Morgan fingerprint density at radius 1 is 1.00 bits per heavy atom. The first-order chi connectivity index (χ1) is 12.7. The van der Waals surface area contributed by atoms with Crippen LogP contribution in [0, 0.1) is 0 Å². The molecule has 3 aromatic rings. The van der Waals surface area contributed by atoms with Crippen LogP contribution in [0.15, 0.2) is 77.5 Å². The lowest BCUT2D eigenvalue weighted by atomic mass is 10.1. The van der Waals surface area contributed by atoms with Crippen molar-refractivity contribution in [2.75, 3.05) is 0 Å². The number of thioether (sulfide) groups is 1. The van der Waals surface area contributed by atoms with Gasteiger partial charge in [0.05, 0.1) is 5.71 Å². The quantitative estimate of drug-likeness (QED) is 0.314. The Bertz CT molecular complexity index is 883. The first-order valence-corrected chi connectivity index (χ1v) is 8.95. The molecule has 0 aliphatic carbocycles. The monoisotopic (exact) mass is 363 g/mol. The molecule has 2 heterocycles. The van der Waals surface area contributed by atoms with Gasteiger partial charge in [-0.3, -0.25) is 9.78 Å². The number of nitrogens with zero attached hydrogens (tertiary/aromatic N) is 4. The first kappa shape index (κ1) is 17.8. The molecule has 1 amide bonds. The molecule has 0 atom stereocenters. The minimum Gasteiger partial charge on any atom is -0.267 e. The Kier molecular flexibility index (Phi) is 6.05. The summed E-state index contributed by atoms with van der Waals surface area (Å²) in [5.74, 6) is 0.495. The van der Waals surface area contributed by atoms with Gasteiger partial charge in [0.15, 0.2) is 5.16 Å². The van der Waals surface area contributed by atoms with Crippen LogP contribution in [0.25, 0.3) is 0 Å². The second-order valence-electron chi connectivity index (χ2n) is 5.39. The van der Waals surface area contributed by atoms with Crippen LogP contribution >= 0.6 is 11.8 Å². The predicted octanol–water partition coefficient (Wildman–Crippen LogP) is 3.32. The molecule has 6 nitrogen and oxygen atoms in total. The fourth-order valence-corrected chi connectivity index (χ4v) is 2.88. The molecule has 1 N–H and O–H groups in total. The molecular weight excluding hydrogens is 346 g/mol. The Hall–Kier alpha value is -3.06. The highest BCUT2D eigenvalue weighted by Gasteiger charge is 2.06. The maximum atomic E-state index is 12.2. The maximum Gasteiger partial charge on any atom is 0.271 e. The van der Waals surface area contributed by atoms with Crippen molar-refractivity contribution in [1.29, 1.82) is 0 Å². The van der Waals surface area contributed by atoms with Gasteiger partial charge in [-0.25, -0.2) is 15.4 Å². The van der Waals surface area contributed by atoms with Gasteiger partial charge in [0.2, 0.25) is 0 Å². The molecule has 0 bridgehead atoms. The van der Waals surface area contributed by atoms with Crippen LogP contribution in [-0.2, 0) is 5.75 Å². The third kappa shape index (κ3) is 4.97. The third-order valence-electron chi connectivity index (χ3n) is 3.55. The van der Waals surface area contributed by atoms with E-state index in [4.69, 9.17) is 0 Å². The van der Waals surface area contributed by atoms with Crippen molar-refractivity contribution in [3.05, 3.63) is 83.9 Å². The number of pyridine rings is 1. The van der Waals surface area contributed by atoms with E-state index >= 15 is 0 Å². The zero-order chi connectivity index (χ0) is 18.2. The lowest BCUT2D eigenvalue weighted by molar-refractivity contribution is 0.0955. The topological polar surface area (TPSA) is 80.1 Å². The summed E-state index contributed by atoms with van der Waals surface area (Å²) in [6, 6.07) is 12.9. The minimum absolute atomic E-state index is 0.246. The summed E-state index contributed by atoms with van der Waals surface area (Å²) in [5.41, 5.74) is 5.86. The van der Waals surface area contributed by atoms with Crippen LogP contribution in [-0.4, -0.2) is 26.6 Å². The number of hydrogen-bond acceptors (Lipinski definition) is 6. The fourth-order valence-electron chi connectivity index (χ4n) is 2.12. The zero-order valence-corrected chi connectivity index (χ0v) is 15.0. The Labute approximate surface area is 155 Å². The van der Waals surface area contributed by atoms with E-state index in [0.29, 0.717) is 5.56 Å². The second-order valence-corrected chi connectivity index (χ2v) is 6.33. The van der Waals surface area contributed by atoms with E-state index in [1.165, 1.54) is 0 Å². The van der Waals surface area contributed by atoms with E-state index in [-0.39, 0.29) is 5.91 Å². The SMILES string of the molecule is CC(=NNC(=O)c1ccc(CSc2ncccn2)cc1)c1ccncc1. The number of carbonyl (C=O) groups excluding carboxylic acids is 1. The van der Waals surface area contributed by atoms with Crippen molar-refractivity contribution in [3.8, 4) is 0 Å². The fraction of sp³-hybridized carbons (Fsp3) is 0.105. The summed E-state index contributed by atoms with van der Waals surface area (Å²) in [5, 5.41) is 4.87. The number of nitrogens with one attached hydrogen (secondary N) is 1. The van der Waals surface area contributed by atoms with Gasteiger partial charge in [-0.15, -0.1) is 0 Å². The molecule has 3 rings (SSSR count). The lowest BCUT2D eigenvalue weighted by Gasteiger charge is -2.04. The molecule has 0 aliphatic heterocycles. The Morgan fingerprint density at radius 2 is 1.69 bits per heavy atom. The second kappa shape index (κ2) is 8.87. The molecule has 0 aliphatic rings. The summed E-state index contributed by atoms with van der Waals surface area (Å²) in [6.07, 6.45) is 6.81. The highest BCUT2D eigenvalue weighted by Crippen LogP contribution is 2.18. The number of hydrogen-bond donors (Lipinski definition) is 1. The highest BCUT2D eigenvalue weighted by molar-refractivity contribution is 7.98. The van der Waals surface area contributed by atoms with E-state index in [9.17, 15) is 4.79 Å². The normalized spacial score (nSPS) is 11.2. The van der Waals surface area contributed by atoms with Crippen LogP contribution in [0.3, 0.4) is 0 Å². The zero-order valence-electron chi connectivity index (χ0n) is 14.2. The minimum atomic E-state index is -0.246. The largest absolute Gasteiger partial charge is 0.271 e. The number of benzene rings is 1. The number of aromatic nitrogens is 3. The summed E-state index contributed by atoms with van der Waals surface area (Å²) in [7, 11) is 0. The van der Waals surface area contributed by atoms with E-state index in [1.54, 1.807) is 54.7 Å². The highest BCUT2D eigenvalue weighted by atomic mass is 32.2. The molecule has 0 fully saturated rings. The van der Waals surface area contributed by atoms with Gasteiger partial charge in [-0.1, -0.05) is 23.9 Å². The van der Waals surface area contributed by atoms with Crippen molar-refractivity contribution in [2.24, 2.45) is 5.10 Å². The molecule has 0 spiro atoms. The van der Waals surface area contributed by atoms with Crippen LogP contribution in [0.5, 0.6) is 0 Å². The van der Waals surface area contributed by atoms with E-state index in [0.717, 1.165) is 27.7 Å². The van der Waals surface area contributed by atoms with Crippen LogP contribution < -0.4 is 5.43 Å². The number of amides is 1. The number of hydrazone groups is 1. The van der Waals surface area contributed by atoms with Crippen LogP contribution in [0.2, 0.25) is 0 Å². The van der Waals surface area contributed by atoms with Crippen molar-refractivity contribution in [1.82, 2.24) is 20.4 Å². The van der Waals surface area contributed by atoms with E-state index in [2.05, 4.69) is 25.5 Å². The molecule has 0 radical (unpaired) electrons. The standard InChI is InChI=1S/C19H17N5OS/c1-14(16-7-11-20-12-8-16)23-24-18(25)17-5-3-15(4-6-17)13-26-19-21-9-2-10-22-19/h2-12H,13H2,1H3,(H,24,25). The van der Waals surface area contributed by atoms with Crippen molar-refractivity contribution in [3.63, 3.8) is 0 Å². The van der Waals surface area contributed by atoms with Gasteiger partial charge in [0.25, 0.3) is 5.91 Å². The molecule has 0 unspecified atom stereocenters. The van der Waals surface area contributed by atoms with Crippen LogP contribution in [0.4, 0.5) is 0 Å². The Balaban J connectivity index is 1.57. The molecule has 26 heavy (non-hydrogen) atoms. The van der Waals surface area contributed by atoms with Gasteiger partial charge < -0.3 is 0 Å². The first-order valence-electron chi connectivity index (χ1n) is 7.96. The van der Waals surface area contributed by atoms with Gasteiger partial charge in [0, 0.05) is 41.7 Å². The lowest BCUT2D eigenvalue weighted by Crippen LogP contribution is -2.19. The van der Waals surface area contributed by atoms with Crippen molar-refractivity contribution in [2.45, 2.75) is 17.8 Å². The summed E-state index contributed by atoms with van der Waals surface area (Å²) in [6.45, 7) is 1.83.